The summed E-state index contributed by atoms with van der Waals surface area (Å²) in [6.07, 6.45) is 0. The van der Waals surface area contributed by atoms with E-state index in [1.807, 2.05) is 27.8 Å². The molecular weight excluding hydrogens is 300 g/mol. The molecule has 1 heterocycles. The zero-order chi connectivity index (χ0) is 17.6. The molecule has 4 N–H and O–H groups in total. The molecule has 0 aromatic carbocycles. The highest BCUT2D eigenvalue weighted by atomic mass is 16.5. The standard InChI is InChI=1S/C15H26N4O4/c1-6-23-13(21)10-7-16-14(22)17-11(10)8-19(5)9-12(20)18-15(2,3)4/h6-9H2,1-5H3,(H,18,20)(H2,16,17,22)/p+1. The molecule has 0 radical (unpaired) electrons. The summed E-state index contributed by atoms with van der Waals surface area (Å²) in [6.45, 7) is 8.43. The Hall–Kier alpha value is -2.09. The number of carbonyl (C=O) groups excluding carboxylic acids is 3. The summed E-state index contributed by atoms with van der Waals surface area (Å²) < 4.78 is 5.00. The normalized spacial score (nSPS) is 16.3. The molecule has 23 heavy (non-hydrogen) atoms. The number of quaternary nitrogens is 1. The summed E-state index contributed by atoms with van der Waals surface area (Å²) in [4.78, 5) is 36.2. The number of urea groups is 1. The third-order valence-corrected chi connectivity index (χ3v) is 3.03. The summed E-state index contributed by atoms with van der Waals surface area (Å²) in [7, 11) is 1.83. The number of rotatable bonds is 6. The predicted octanol–water partition coefficient (Wildman–Crippen LogP) is -1.45. The minimum atomic E-state index is -0.457. The molecule has 0 bridgehead atoms. The predicted molar refractivity (Wildman–Crippen MR) is 84.7 cm³/mol. The van der Waals surface area contributed by atoms with Crippen LogP contribution in [-0.4, -0.2) is 56.7 Å². The summed E-state index contributed by atoms with van der Waals surface area (Å²) in [5.41, 5.74) is 0.589. The lowest BCUT2D eigenvalue weighted by molar-refractivity contribution is -0.866. The van der Waals surface area contributed by atoms with Crippen LogP contribution in [0.25, 0.3) is 0 Å². The van der Waals surface area contributed by atoms with Gasteiger partial charge in [0.2, 0.25) is 0 Å². The lowest BCUT2D eigenvalue weighted by Crippen LogP contribution is -3.10. The van der Waals surface area contributed by atoms with E-state index >= 15 is 0 Å². The van der Waals surface area contributed by atoms with Crippen LogP contribution in [0, 0.1) is 0 Å². The van der Waals surface area contributed by atoms with Crippen LogP contribution >= 0.6 is 0 Å². The number of ether oxygens (including phenoxy) is 1. The Labute approximate surface area is 136 Å². The molecule has 0 aliphatic carbocycles. The number of esters is 1. The molecule has 1 atom stereocenters. The van der Waals surface area contributed by atoms with Crippen molar-refractivity contribution < 1.29 is 24.0 Å². The average molecular weight is 327 g/mol. The Kier molecular flexibility index (Phi) is 6.56. The van der Waals surface area contributed by atoms with Gasteiger partial charge in [0.15, 0.2) is 6.54 Å². The van der Waals surface area contributed by atoms with E-state index in [-0.39, 0.29) is 37.2 Å². The number of carbonyl (C=O) groups is 3. The molecular formula is C15H27N4O4+. The van der Waals surface area contributed by atoms with Crippen molar-refractivity contribution in [2.24, 2.45) is 0 Å². The number of hydrogen-bond acceptors (Lipinski definition) is 4. The van der Waals surface area contributed by atoms with Gasteiger partial charge in [0.05, 0.1) is 31.5 Å². The molecule has 0 aromatic rings. The molecule has 0 spiro atoms. The van der Waals surface area contributed by atoms with Crippen molar-refractivity contribution in [2.75, 3.05) is 33.3 Å². The molecule has 1 aliphatic heterocycles. The van der Waals surface area contributed by atoms with Crippen molar-refractivity contribution in [2.45, 2.75) is 33.2 Å². The van der Waals surface area contributed by atoms with Gasteiger partial charge in [-0.1, -0.05) is 0 Å². The van der Waals surface area contributed by atoms with Gasteiger partial charge >= 0.3 is 12.0 Å². The maximum absolute atomic E-state index is 12.0. The lowest BCUT2D eigenvalue weighted by Gasteiger charge is -2.25. The van der Waals surface area contributed by atoms with Gasteiger partial charge in [0, 0.05) is 5.54 Å². The van der Waals surface area contributed by atoms with Crippen LogP contribution in [0.3, 0.4) is 0 Å². The van der Waals surface area contributed by atoms with Crippen molar-refractivity contribution in [1.82, 2.24) is 16.0 Å². The monoisotopic (exact) mass is 327 g/mol. The van der Waals surface area contributed by atoms with Gasteiger partial charge in [-0.2, -0.15) is 0 Å². The number of likely N-dealkylation sites (N-methyl/N-ethyl adjacent to an activating group) is 1. The largest absolute Gasteiger partial charge is 0.463 e. The lowest BCUT2D eigenvalue weighted by atomic mass is 10.1. The van der Waals surface area contributed by atoms with Crippen LogP contribution in [-0.2, 0) is 14.3 Å². The fraction of sp³-hybridized carbons (Fsp3) is 0.667. The van der Waals surface area contributed by atoms with Crippen LogP contribution in [0.1, 0.15) is 27.7 Å². The fourth-order valence-corrected chi connectivity index (χ4v) is 2.20. The third kappa shape index (κ3) is 6.68. The molecule has 1 rings (SSSR count). The van der Waals surface area contributed by atoms with Crippen LogP contribution in [0.5, 0.6) is 0 Å². The first kappa shape index (κ1) is 19.0. The quantitative estimate of drug-likeness (QED) is 0.448. The summed E-state index contributed by atoms with van der Waals surface area (Å²) in [6, 6.07) is -0.361. The van der Waals surface area contributed by atoms with E-state index in [0.29, 0.717) is 17.8 Å². The fourth-order valence-electron chi connectivity index (χ4n) is 2.20. The van der Waals surface area contributed by atoms with Crippen LogP contribution in [0.4, 0.5) is 4.79 Å². The first-order valence-electron chi connectivity index (χ1n) is 7.68. The van der Waals surface area contributed by atoms with Crippen molar-refractivity contribution >= 4 is 17.9 Å². The maximum Gasteiger partial charge on any atom is 0.337 e. The van der Waals surface area contributed by atoms with E-state index in [1.165, 1.54) is 0 Å². The highest BCUT2D eigenvalue weighted by Crippen LogP contribution is 2.06. The van der Waals surface area contributed by atoms with E-state index in [9.17, 15) is 14.4 Å². The second-order valence-corrected chi connectivity index (χ2v) is 6.59. The zero-order valence-electron chi connectivity index (χ0n) is 14.5. The van der Waals surface area contributed by atoms with E-state index in [2.05, 4.69) is 16.0 Å². The maximum atomic E-state index is 12.0. The third-order valence-electron chi connectivity index (χ3n) is 3.03. The van der Waals surface area contributed by atoms with Gasteiger partial charge in [-0.25, -0.2) is 9.59 Å². The second-order valence-electron chi connectivity index (χ2n) is 6.59. The number of hydrogen-bond donors (Lipinski definition) is 4. The smallest absolute Gasteiger partial charge is 0.337 e. The molecule has 0 aromatic heterocycles. The van der Waals surface area contributed by atoms with Crippen molar-refractivity contribution in [1.29, 1.82) is 0 Å². The SMILES string of the molecule is CCOC(=O)C1=C(C[NH+](C)CC(=O)NC(C)(C)C)NC(=O)NC1. The first-order valence-corrected chi connectivity index (χ1v) is 7.68. The van der Waals surface area contributed by atoms with E-state index in [4.69, 9.17) is 4.74 Å². The molecule has 0 saturated heterocycles. The van der Waals surface area contributed by atoms with Crippen LogP contribution < -0.4 is 20.9 Å². The molecule has 1 unspecified atom stereocenters. The zero-order valence-corrected chi connectivity index (χ0v) is 14.5. The minimum absolute atomic E-state index is 0.0893. The van der Waals surface area contributed by atoms with E-state index < -0.39 is 5.97 Å². The van der Waals surface area contributed by atoms with Crippen molar-refractivity contribution in [3.05, 3.63) is 11.3 Å². The van der Waals surface area contributed by atoms with E-state index in [1.54, 1.807) is 6.92 Å². The summed E-state index contributed by atoms with van der Waals surface area (Å²) in [5, 5.41) is 8.07. The Balaban J connectivity index is 2.74. The van der Waals surface area contributed by atoms with Crippen molar-refractivity contribution in [3.8, 4) is 0 Å². The molecule has 0 saturated carbocycles. The molecule has 130 valence electrons. The summed E-state index contributed by atoms with van der Waals surface area (Å²) >= 11 is 0. The number of nitrogens with one attached hydrogen (secondary N) is 4. The molecule has 8 heteroatoms. The van der Waals surface area contributed by atoms with E-state index in [0.717, 1.165) is 4.90 Å². The van der Waals surface area contributed by atoms with Crippen LogP contribution in [0.15, 0.2) is 11.3 Å². The van der Waals surface area contributed by atoms with Crippen LogP contribution in [0.2, 0.25) is 0 Å². The minimum Gasteiger partial charge on any atom is -0.463 e. The highest BCUT2D eigenvalue weighted by molar-refractivity contribution is 5.93. The van der Waals surface area contributed by atoms with Crippen molar-refractivity contribution in [3.63, 3.8) is 0 Å². The Morgan fingerprint density at radius 2 is 2.00 bits per heavy atom. The Bertz CT molecular complexity index is 508. The first-order chi connectivity index (χ1) is 10.6. The molecule has 8 nitrogen and oxygen atoms in total. The highest BCUT2D eigenvalue weighted by Gasteiger charge is 2.26. The number of amides is 3. The Morgan fingerprint density at radius 1 is 1.35 bits per heavy atom. The average Bonchev–Trinajstić information content (AvgIpc) is 2.36. The molecule has 0 fully saturated rings. The van der Waals surface area contributed by atoms with Gasteiger partial charge in [-0.15, -0.1) is 0 Å². The Morgan fingerprint density at radius 3 is 2.57 bits per heavy atom. The second kappa shape index (κ2) is 7.96. The van der Waals surface area contributed by atoms with Gasteiger partial charge in [0.25, 0.3) is 5.91 Å². The van der Waals surface area contributed by atoms with Gasteiger partial charge in [-0.05, 0) is 27.7 Å². The van der Waals surface area contributed by atoms with Gasteiger partial charge < -0.3 is 25.6 Å². The van der Waals surface area contributed by atoms with Gasteiger partial charge in [-0.3, -0.25) is 4.79 Å². The van der Waals surface area contributed by atoms with Gasteiger partial charge in [0.1, 0.15) is 6.54 Å². The molecule has 1 aliphatic rings. The molecule has 3 amide bonds. The summed E-state index contributed by atoms with van der Waals surface area (Å²) in [5.74, 6) is -0.546. The topological polar surface area (TPSA) is 101 Å².